The summed E-state index contributed by atoms with van der Waals surface area (Å²) < 4.78 is 0. The Hall–Kier alpha value is -1.38. The summed E-state index contributed by atoms with van der Waals surface area (Å²) in [6, 6.07) is 21.6. The standard InChI is InChI=1S/C19H17BrS/c1-2-14-12-13-21-19(14)18(20)17-10-8-16(9-11-17)15-6-4-3-5-7-15/h3-13,18H,2H2,1H3. The minimum Gasteiger partial charge on any atom is -0.147 e. The molecule has 0 amide bonds. The zero-order valence-corrected chi connectivity index (χ0v) is 14.3. The van der Waals surface area contributed by atoms with Gasteiger partial charge in [-0.05, 0) is 40.1 Å². The van der Waals surface area contributed by atoms with E-state index in [0.717, 1.165) is 6.42 Å². The van der Waals surface area contributed by atoms with E-state index in [9.17, 15) is 0 Å². The lowest BCUT2D eigenvalue weighted by atomic mass is 10.0. The van der Waals surface area contributed by atoms with Crippen molar-refractivity contribution in [3.8, 4) is 11.1 Å². The minimum atomic E-state index is 0.289. The van der Waals surface area contributed by atoms with Crippen molar-refractivity contribution in [2.24, 2.45) is 0 Å². The lowest BCUT2D eigenvalue weighted by molar-refractivity contribution is 1.09. The summed E-state index contributed by atoms with van der Waals surface area (Å²) in [4.78, 5) is 1.71. The van der Waals surface area contributed by atoms with E-state index in [4.69, 9.17) is 0 Å². The highest BCUT2D eigenvalue weighted by atomic mass is 79.9. The Morgan fingerprint density at radius 3 is 2.24 bits per heavy atom. The zero-order valence-electron chi connectivity index (χ0n) is 11.9. The van der Waals surface area contributed by atoms with Crippen LogP contribution in [0.25, 0.3) is 11.1 Å². The Bertz CT molecular complexity index is 698. The van der Waals surface area contributed by atoms with Crippen molar-refractivity contribution in [1.29, 1.82) is 0 Å². The van der Waals surface area contributed by atoms with Crippen molar-refractivity contribution in [2.45, 2.75) is 18.2 Å². The molecule has 0 N–H and O–H groups in total. The lowest BCUT2D eigenvalue weighted by Gasteiger charge is -2.11. The van der Waals surface area contributed by atoms with Gasteiger partial charge in [0.25, 0.3) is 0 Å². The fourth-order valence-corrected chi connectivity index (χ4v) is 4.41. The van der Waals surface area contributed by atoms with Crippen LogP contribution >= 0.6 is 27.3 Å². The first-order valence-corrected chi connectivity index (χ1v) is 8.95. The molecule has 0 nitrogen and oxygen atoms in total. The van der Waals surface area contributed by atoms with Gasteiger partial charge in [-0.3, -0.25) is 0 Å². The fourth-order valence-electron chi connectivity index (χ4n) is 2.49. The maximum Gasteiger partial charge on any atom is 0.0740 e. The predicted molar refractivity (Wildman–Crippen MR) is 96.3 cm³/mol. The molecule has 0 aliphatic rings. The molecular weight excluding hydrogens is 340 g/mol. The van der Waals surface area contributed by atoms with Gasteiger partial charge >= 0.3 is 0 Å². The summed E-state index contributed by atoms with van der Waals surface area (Å²) in [5, 5.41) is 2.18. The third-order valence-electron chi connectivity index (χ3n) is 3.70. The first-order valence-electron chi connectivity index (χ1n) is 7.15. The largest absolute Gasteiger partial charge is 0.147 e. The molecule has 3 rings (SSSR count). The molecular formula is C19H17BrS. The second-order valence-corrected chi connectivity index (χ2v) is 6.88. The third kappa shape index (κ3) is 3.12. The average molecular weight is 357 g/mol. The monoisotopic (exact) mass is 356 g/mol. The van der Waals surface area contributed by atoms with Crippen LogP contribution in [0.5, 0.6) is 0 Å². The number of aryl methyl sites for hydroxylation is 1. The molecule has 0 aliphatic heterocycles. The maximum absolute atomic E-state index is 3.86. The van der Waals surface area contributed by atoms with Crippen molar-refractivity contribution in [3.63, 3.8) is 0 Å². The van der Waals surface area contributed by atoms with E-state index in [1.165, 1.54) is 27.1 Å². The molecule has 0 saturated carbocycles. The van der Waals surface area contributed by atoms with Crippen molar-refractivity contribution >= 4 is 27.3 Å². The molecule has 2 aromatic carbocycles. The summed E-state index contributed by atoms with van der Waals surface area (Å²) >= 11 is 5.69. The maximum atomic E-state index is 3.86. The second-order valence-electron chi connectivity index (χ2n) is 5.01. The zero-order chi connectivity index (χ0) is 14.7. The number of hydrogen-bond acceptors (Lipinski definition) is 1. The fraction of sp³-hybridized carbons (Fsp3) is 0.158. The van der Waals surface area contributed by atoms with E-state index < -0.39 is 0 Å². The van der Waals surface area contributed by atoms with E-state index >= 15 is 0 Å². The average Bonchev–Trinajstić information content (AvgIpc) is 3.04. The molecule has 1 aromatic heterocycles. The van der Waals surface area contributed by atoms with Crippen LogP contribution in [0.15, 0.2) is 66.0 Å². The summed E-state index contributed by atoms with van der Waals surface area (Å²) in [7, 11) is 0. The van der Waals surface area contributed by atoms with E-state index in [0.29, 0.717) is 0 Å². The molecule has 1 atom stereocenters. The number of benzene rings is 2. The highest BCUT2D eigenvalue weighted by Crippen LogP contribution is 2.37. The van der Waals surface area contributed by atoms with Crippen LogP contribution in [0.1, 0.15) is 27.8 Å². The number of thiophene rings is 1. The Kier molecular flexibility index (Phi) is 4.57. The van der Waals surface area contributed by atoms with Gasteiger partial charge in [0.05, 0.1) is 4.83 Å². The Labute approximate surface area is 138 Å². The summed E-state index contributed by atoms with van der Waals surface area (Å²) in [5.41, 5.74) is 5.28. The minimum absolute atomic E-state index is 0.289. The quantitative estimate of drug-likeness (QED) is 0.470. The third-order valence-corrected chi connectivity index (χ3v) is 6.02. The molecule has 0 saturated heterocycles. The molecule has 0 spiro atoms. The van der Waals surface area contributed by atoms with Crippen molar-refractivity contribution in [3.05, 3.63) is 82.0 Å². The number of halogens is 1. The molecule has 1 unspecified atom stereocenters. The molecule has 0 bridgehead atoms. The summed E-state index contributed by atoms with van der Waals surface area (Å²) in [5.74, 6) is 0. The molecule has 21 heavy (non-hydrogen) atoms. The number of hydrogen-bond donors (Lipinski definition) is 0. The van der Waals surface area contributed by atoms with Gasteiger partial charge in [0.15, 0.2) is 0 Å². The number of alkyl halides is 1. The molecule has 0 fully saturated rings. The smallest absolute Gasteiger partial charge is 0.0740 e. The normalized spacial score (nSPS) is 12.3. The van der Waals surface area contributed by atoms with Gasteiger partial charge in [-0.2, -0.15) is 0 Å². The first-order chi connectivity index (χ1) is 10.3. The van der Waals surface area contributed by atoms with Crippen LogP contribution in [-0.4, -0.2) is 0 Å². The van der Waals surface area contributed by atoms with Crippen molar-refractivity contribution in [2.75, 3.05) is 0 Å². The van der Waals surface area contributed by atoms with Crippen LogP contribution in [0, 0.1) is 0 Å². The van der Waals surface area contributed by atoms with E-state index in [1.807, 2.05) is 11.3 Å². The SMILES string of the molecule is CCc1ccsc1C(Br)c1ccc(-c2ccccc2)cc1. The van der Waals surface area contributed by atoms with Crippen LogP contribution in [0.2, 0.25) is 0 Å². The van der Waals surface area contributed by atoms with Crippen LogP contribution in [0.4, 0.5) is 0 Å². The molecule has 0 aliphatic carbocycles. The summed E-state index contributed by atoms with van der Waals surface area (Å²) in [6.45, 7) is 2.21. The first kappa shape index (κ1) is 14.6. The van der Waals surface area contributed by atoms with Gasteiger partial charge in [0.2, 0.25) is 0 Å². The van der Waals surface area contributed by atoms with Crippen LogP contribution in [0.3, 0.4) is 0 Å². The van der Waals surface area contributed by atoms with Gasteiger partial charge in [-0.15, -0.1) is 11.3 Å². The van der Waals surface area contributed by atoms with Gasteiger partial charge in [-0.25, -0.2) is 0 Å². The van der Waals surface area contributed by atoms with Crippen molar-refractivity contribution in [1.82, 2.24) is 0 Å². The van der Waals surface area contributed by atoms with E-state index in [2.05, 4.69) is 88.9 Å². The summed E-state index contributed by atoms with van der Waals surface area (Å²) in [6.07, 6.45) is 1.09. The molecule has 106 valence electrons. The van der Waals surface area contributed by atoms with E-state index in [-0.39, 0.29) is 4.83 Å². The van der Waals surface area contributed by atoms with Gasteiger partial charge in [0, 0.05) is 4.88 Å². The molecule has 0 radical (unpaired) electrons. The Balaban J connectivity index is 1.87. The Morgan fingerprint density at radius 1 is 0.905 bits per heavy atom. The second kappa shape index (κ2) is 6.59. The Morgan fingerprint density at radius 2 is 1.57 bits per heavy atom. The topological polar surface area (TPSA) is 0 Å². The highest BCUT2D eigenvalue weighted by molar-refractivity contribution is 9.09. The predicted octanol–water partition coefficient (Wildman–Crippen LogP) is 6.46. The lowest BCUT2D eigenvalue weighted by Crippen LogP contribution is -1.93. The highest BCUT2D eigenvalue weighted by Gasteiger charge is 2.15. The van der Waals surface area contributed by atoms with Gasteiger partial charge in [-0.1, -0.05) is 77.5 Å². The van der Waals surface area contributed by atoms with Crippen molar-refractivity contribution < 1.29 is 0 Å². The van der Waals surface area contributed by atoms with E-state index in [1.54, 1.807) is 0 Å². The van der Waals surface area contributed by atoms with Crippen LogP contribution in [-0.2, 0) is 6.42 Å². The molecule has 2 heteroatoms. The molecule has 3 aromatic rings. The van der Waals surface area contributed by atoms with Gasteiger partial charge in [0.1, 0.15) is 0 Å². The van der Waals surface area contributed by atoms with Gasteiger partial charge < -0.3 is 0 Å². The van der Waals surface area contributed by atoms with Crippen LogP contribution < -0.4 is 0 Å². The number of rotatable bonds is 4. The molecule has 1 heterocycles.